The van der Waals surface area contributed by atoms with Crippen molar-refractivity contribution in [3.63, 3.8) is 0 Å². The van der Waals surface area contributed by atoms with Crippen LogP contribution in [0.5, 0.6) is 0 Å². The normalized spacial score (nSPS) is 18.0. The fourth-order valence-corrected chi connectivity index (χ4v) is 13.3. The number of esters is 2. The third-order valence-corrected chi connectivity index (χ3v) is 14.8. The molecule has 2 aliphatic rings. The molecule has 0 bridgehead atoms. The summed E-state index contributed by atoms with van der Waals surface area (Å²) in [5.41, 5.74) is 0. The third kappa shape index (κ3) is 9.29. The number of thioether (sulfide) groups is 8. The van der Waals surface area contributed by atoms with E-state index in [1.165, 1.54) is 37.7 Å². The van der Waals surface area contributed by atoms with E-state index in [9.17, 15) is 9.59 Å². The van der Waals surface area contributed by atoms with Gasteiger partial charge in [-0.1, -0.05) is 47.0 Å². The highest BCUT2D eigenvalue weighted by Gasteiger charge is 2.31. The van der Waals surface area contributed by atoms with Crippen molar-refractivity contribution in [3.8, 4) is 12.1 Å². The van der Waals surface area contributed by atoms with Gasteiger partial charge in [0, 0.05) is 24.3 Å². The smallest absolute Gasteiger partial charge is 0.316 e. The Kier molecular flexibility index (Phi) is 13.9. The molecule has 0 aromatic rings. The predicted molar refractivity (Wildman–Crippen MR) is 146 cm³/mol. The summed E-state index contributed by atoms with van der Waals surface area (Å²) in [5.74, 6) is 1.30. The maximum Gasteiger partial charge on any atom is 0.316 e. The van der Waals surface area contributed by atoms with E-state index in [1.54, 1.807) is 70.6 Å². The monoisotopic (exact) mass is 582 g/mol. The highest BCUT2D eigenvalue weighted by molar-refractivity contribution is 8.45. The zero-order valence-corrected chi connectivity index (χ0v) is 23.6. The second-order valence-corrected chi connectivity index (χ2v) is 15.2. The Morgan fingerprint density at radius 1 is 0.719 bits per heavy atom. The first-order valence-electron chi connectivity index (χ1n) is 8.85. The second-order valence-electron chi connectivity index (χ2n) is 5.38. The number of carbonyl (C=O) groups is 2. The zero-order valence-electron chi connectivity index (χ0n) is 17.0. The number of hydrogen-bond acceptors (Lipinski definition) is 14. The average molecular weight is 583 g/mol. The van der Waals surface area contributed by atoms with Crippen molar-refractivity contribution in [1.82, 2.24) is 0 Å². The lowest BCUT2D eigenvalue weighted by Crippen LogP contribution is -2.02. The molecule has 0 amide bonds. The lowest BCUT2D eigenvalue weighted by molar-refractivity contribution is -0.138. The van der Waals surface area contributed by atoms with Gasteiger partial charge in [-0.15, -0.1) is 47.0 Å². The highest BCUT2D eigenvalue weighted by Crippen LogP contribution is 2.66. The van der Waals surface area contributed by atoms with Crippen LogP contribution in [0.3, 0.4) is 0 Å². The van der Waals surface area contributed by atoms with Crippen LogP contribution in [0.15, 0.2) is 25.4 Å². The molecule has 6 nitrogen and oxygen atoms in total. The molecule has 172 valence electrons. The molecule has 0 atom stereocenters. The molecule has 0 saturated heterocycles. The fourth-order valence-electron chi connectivity index (χ4n) is 1.81. The van der Waals surface area contributed by atoms with Crippen LogP contribution in [0.4, 0.5) is 0 Å². The summed E-state index contributed by atoms with van der Waals surface area (Å²) in [6.45, 7) is 0. The van der Waals surface area contributed by atoms with Crippen LogP contribution in [0.2, 0.25) is 0 Å². The number of nitrogens with zero attached hydrogens (tertiary/aromatic N) is 2. The van der Waals surface area contributed by atoms with Gasteiger partial charge in [0.1, 0.15) is 0 Å². The minimum absolute atomic E-state index is 0.234. The van der Waals surface area contributed by atoms with Crippen molar-refractivity contribution in [2.45, 2.75) is 12.8 Å². The van der Waals surface area contributed by atoms with E-state index in [1.807, 2.05) is 0 Å². The second kappa shape index (κ2) is 15.8. The van der Waals surface area contributed by atoms with Gasteiger partial charge in [0.15, 0.2) is 0 Å². The summed E-state index contributed by atoms with van der Waals surface area (Å²) in [4.78, 5) is 23.2. The molecule has 0 radical (unpaired) electrons. The van der Waals surface area contributed by atoms with Gasteiger partial charge in [-0.2, -0.15) is 10.5 Å². The summed E-state index contributed by atoms with van der Waals surface area (Å²) < 4.78 is 16.0. The molecular weight excluding hydrogens is 565 g/mol. The quantitative estimate of drug-likeness (QED) is 0.186. The number of rotatable bonds is 12. The molecule has 32 heavy (non-hydrogen) atoms. The summed E-state index contributed by atoms with van der Waals surface area (Å²) in [6.07, 6.45) is 0.915. The van der Waals surface area contributed by atoms with Crippen molar-refractivity contribution in [1.29, 1.82) is 10.5 Å². The maximum absolute atomic E-state index is 11.6. The third-order valence-electron chi connectivity index (χ3n) is 3.23. The van der Waals surface area contributed by atoms with Gasteiger partial charge in [-0.05, 0) is 0 Å². The van der Waals surface area contributed by atoms with Gasteiger partial charge < -0.3 is 9.47 Å². The van der Waals surface area contributed by atoms with Gasteiger partial charge >= 0.3 is 11.9 Å². The Labute approximate surface area is 221 Å². The SMILES string of the molecule is COC(=O)CSC1=C(SCCC#N)S/C(=C2\SC(SCCC#N)=C(SCC(=O)OC)S2)S1. The lowest BCUT2D eigenvalue weighted by atomic mass is 10.6. The molecule has 14 heteroatoms. The summed E-state index contributed by atoms with van der Waals surface area (Å²) in [5, 5.41) is 17.7. The molecule has 2 rings (SSSR count). The molecule has 2 heterocycles. The van der Waals surface area contributed by atoms with Crippen LogP contribution < -0.4 is 0 Å². The van der Waals surface area contributed by atoms with E-state index in [0.29, 0.717) is 24.3 Å². The van der Waals surface area contributed by atoms with Crippen LogP contribution in [0, 0.1) is 22.7 Å². The first kappa shape index (κ1) is 28.2. The molecule has 0 saturated carbocycles. The number of hydrogen-bond donors (Lipinski definition) is 0. The van der Waals surface area contributed by atoms with Crippen molar-refractivity contribution < 1.29 is 19.1 Å². The van der Waals surface area contributed by atoms with E-state index in [-0.39, 0.29) is 23.4 Å². The molecule has 2 aliphatic heterocycles. The van der Waals surface area contributed by atoms with E-state index in [4.69, 9.17) is 20.0 Å². The lowest BCUT2D eigenvalue weighted by Gasteiger charge is -2.03. The first-order chi connectivity index (χ1) is 15.5. The van der Waals surface area contributed by atoms with Crippen LogP contribution in [-0.2, 0) is 19.1 Å². The van der Waals surface area contributed by atoms with E-state index in [2.05, 4.69) is 12.1 Å². The molecular formula is C18H18N2O4S8. The van der Waals surface area contributed by atoms with Gasteiger partial charge in [0.2, 0.25) is 0 Å². The minimum Gasteiger partial charge on any atom is -0.468 e. The number of methoxy groups -OCH3 is 2. The number of ether oxygens (including phenoxy) is 2. The largest absolute Gasteiger partial charge is 0.468 e. The van der Waals surface area contributed by atoms with Crippen LogP contribution in [-0.4, -0.2) is 49.2 Å². The molecule has 0 unspecified atom stereocenters. The van der Waals surface area contributed by atoms with Gasteiger partial charge in [-0.3, -0.25) is 9.59 Å². The Hall–Kier alpha value is -0.0600. The molecule has 0 fully saturated rings. The van der Waals surface area contributed by atoms with Crippen LogP contribution >= 0.6 is 94.1 Å². The maximum atomic E-state index is 11.6. The Morgan fingerprint density at radius 3 is 1.38 bits per heavy atom. The van der Waals surface area contributed by atoms with Crippen molar-refractivity contribution >= 4 is 106 Å². The van der Waals surface area contributed by atoms with Crippen molar-refractivity contribution in [2.24, 2.45) is 0 Å². The fraction of sp³-hybridized carbons (Fsp3) is 0.444. The summed E-state index contributed by atoms with van der Waals surface area (Å²) in [7, 11) is 2.75. The van der Waals surface area contributed by atoms with E-state index >= 15 is 0 Å². The minimum atomic E-state index is -0.278. The standard InChI is InChI=1S/C18H18N2O4S8/c1-23-11(21)9-27-15-13(25-7-3-5-19)29-17(31-15)18-30-14(26-8-4-6-20)16(32-18)28-10-12(22)24-2/h3-4,7-10H2,1-2H3/b18-17-. The Bertz CT molecular complexity index is 832. The summed E-state index contributed by atoms with van der Waals surface area (Å²) in [6, 6.07) is 4.33. The number of carbonyl (C=O) groups excluding carboxylic acids is 2. The van der Waals surface area contributed by atoms with Crippen LogP contribution in [0.25, 0.3) is 0 Å². The van der Waals surface area contributed by atoms with E-state index in [0.717, 1.165) is 25.4 Å². The van der Waals surface area contributed by atoms with Gasteiger partial charge in [0.25, 0.3) is 0 Å². The number of nitriles is 2. The molecule has 0 aromatic heterocycles. The first-order valence-corrected chi connectivity index (χ1v) is 16.1. The highest BCUT2D eigenvalue weighted by atomic mass is 32.3. The topological polar surface area (TPSA) is 100 Å². The van der Waals surface area contributed by atoms with Gasteiger partial charge in [0.05, 0.1) is 63.3 Å². The Balaban J connectivity index is 2.13. The van der Waals surface area contributed by atoms with Crippen molar-refractivity contribution in [3.05, 3.63) is 25.4 Å². The molecule has 0 aromatic carbocycles. The van der Waals surface area contributed by atoms with Crippen molar-refractivity contribution in [2.75, 3.05) is 37.2 Å². The predicted octanol–water partition coefficient (Wildman–Crippen LogP) is 6.43. The zero-order chi connectivity index (χ0) is 23.3. The van der Waals surface area contributed by atoms with Gasteiger partial charge in [-0.25, -0.2) is 0 Å². The Morgan fingerprint density at radius 2 is 1.06 bits per heavy atom. The molecule has 0 spiro atoms. The average Bonchev–Trinajstić information content (AvgIpc) is 3.40. The summed E-state index contributed by atoms with van der Waals surface area (Å²) >= 11 is 12.7. The molecule has 0 N–H and O–H groups in total. The van der Waals surface area contributed by atoms with E-state index < -0.39 is 0 Å². The van der Waals surface area contributed by atoms with Crippen LogP contribution in [0.1, 0.15) is 12.8 Å². The molecule has 0 aliphatic carbocycles.